The van der Waals surface area contributed by atoms with Crippen LogP contribution in [-0.2, 0) is 9.59 Å². The third-order valence-corrected chi connectivity index (χ3v) is 3.97. The summed E-state index contributed by atoms with van der Waals surface area (Å²) in [5.74, 6) is 0.0328. The molecule has 0 unspecified atom stereocenters. The summed E-state index contributed by atoms with van der Waals surface area (Å²) in [6.07, 6.45) is 8.29. The summed E-state index contributed by atoms with van der Waals surface area (Å²) in [5, 5.41) is 15.3. The molecular weight excluding hydrogens is 256 g/mol. The normalized spacial score (nSPS) is 17.5. The minimum absolute atomic E-state index is 0.00932. The molecule has 0 saturated heterocycles. The topological polar surface area (TPSA) is 78.4 Å². The zero-order valence-corrected chi connectivity index (χ0v) is 12.5. The molecule has 20 heavy (non-hydrogen) atoms. The van der Waals surface area contributed by atoms with E-state index in [-0.39, 0.29) is 24.0 Å². The summed E-state index contributed by atoms with van der Waals surface area (Å²) >= 11 is 0. The lowest BCUT2D eigenvalue weighted by molar-refractivity contribution is -0.124. The largest absolute Gasteiger partial charge is 0.394 e. The van der Waals surface area contributed by atoms with Crippen molar-refractivity contribution in [1.82, 2.24) is 10.6 Å². The van der Waals surface area contributed by atoms with E-state index in [9.17, 15) is 14.7 Å². The number of carbonyl (C=O) groups excluding carboxylic acids is 2. The number of amides is 2. The van der Waals surface area contributed by atoms with Crippen molar-refractivity contribution >= 4 is 11.8 Å². The van der Waals surface area contributed by atoms with Crippen LogP contribution in [0.5, 0.6) is 0 Å². The quantitative estimate of drug-likeness (QED) is 0.591. The highest BCUT2D eigenvalue weighted by atomic mass is 16.3. The lowest BCUT2D eigenvalue weighted by Crippen LogP contribution is -2.52. The molecule has 2 amide bonds. The smallest absolute Gasteiger partial charge is 0.220 e. The molecule has 0 aromatic carbocycles. The lowest BCUT2D eigenvalue weighted by atomic mass is 9.82. The Morgan fingerprint density at radius 1 is 1.10 bits per heavy atom. The molecule has 3 N–H and O–H groups in total. The van der Waals surface area contributed by atoms with Crippen LogP contribution in [0.25, 0.3) is 0 Å². The fourth-order valence-corrected chi connectivity index (χ4v) is 2.76. The summed E-state index contributed by atoms with van der Waals surface area (Å²) in [6.45, 7) is 2.23. The first-order valence-corrected chi connectivity index (χ1v) is 7.74. The third kappa shape index (κ3) is 6.37. The van der Waals surface area contributed by atoms with Crippen molar-refractivity contribution in [3.8, 4) is 0 Å². The van der Waals surface area contributed by atoms with Crippen molar-refractivity contribution in [1.29, 1.82) is 0 Å². The van der Waals surface area contributed by atoms with E-state index in [4.69, 9.17) is 0 Å². The SMILES string of the molecule is CC(=O)NCCCCCC(=O)NC1(CO)CCCCC1. The first-order chi connectivity index (χ1) is 9.58. The van der Waals surface area contributed by atoms with Crippen molar-refractivity contribution in [3.63, 3.8) is 0 Å². The van der Waals surface area contributed by atoms with Crippen LogP contribution in [0.15, 0.2) is 0 Å². The Kier molecular flexibility index (Phi) is 7.59. The maximum atomic E-state index is 11.9. The maximum Gasteiger partial charge on any atom is 0.220 e. The van der Waals surface area contributed by atoms with Crippen LogP contribution in [0.4, 0.5) is 0 Å². The summed E-state index contributed by atoms with van der Waals surface area (Å²) in [4.78, 5) is 22.6. The molecule has 0 spiro atoms. The first-order valence-electron chi connectivity index (χ1n) is 7.74. The lowest BCUT2D eigenvalue weighted by Gasteiger charge is -2.36. The van der Waals surface area contributed by atoms with Gasteiger partial charge >= 0.3 is 0 Å². The molecule has 1 fully saturated rings. The monoisotopic (exact) mass is 284 g/mol. The van der Waals surface area contributed by atoms with E-state index in [0.717, 1.165) is 44.9 Å². The molecule has 1 rings (SSSR count). The Labute approximate surface area is 121 Å². The molecule has 0 aliphatic heterocycles. The number of unbranched alkanes of at least 4 members (excludes halogenated alkanes) is 2. The van der Waals surface area contributed by atoms with E-state index < -0.39 is 0 Å². The Morgan fingerprint density at radius 3 is 2.40 bits per heavy atom. The van der Waals surface area contributed by atoms with Gasteiger partial charge in [0.25, 0.3) is 0 Å². The Balaban J connectivity index is 2.14. The number of aliphatic hydroxyl groups is 1. The molecule has 1 saturated carbocycles. The molecule has 0 bridgehead atoms. The molecule has 5 nitrogen and oxygen atoms in total. The van der Waals surface area contributed by atoms with E-state index in [0.29, 0.717) is 13.0 Å². The van der Waals surface area contributed by atoms with Crippen LogP contribution in [-0.4, -0.2) is 35.6 Å². The summed E-state index contributed by atoms with van der Waals surface area (Å²) < 4.78 is 0. The average molecular weight is 284 g/mol. The molecule has 1 aliphatic carbocycles. The second-order valence-electron chi connectivity index (χ2n) is 5.84. The fraction of sp³-hybridized carbons (Fsp3) is 0.867. The van der Waals surface area contributed by atoms with Gasteiger partial charge in [-0.05, 0) is 25.7 Å². The number of hydrogen-bond donors (Lipinski definition) is 3. The first kappa shape index (κ1) is 17.0. The zero-order valence-electron chi connectivity index (χ0n) is 12.5. The molecule has 0 aromatic heterocycles. The second-order valence-corrected chi connectivity index (χ2v) is 5.84. The fourth-order valence-electron chi connectivity index (χ4n) is 2.76. The molecule has 0 aromatic rings. The van der Waals surface area contributed by atoms with Gasteiger partial charge in [-0.3, -0.25) is 9.59 Å². The Morgan fingerprint density at radius 2 is 1.80 bits per heavy atom. The predicted molar refractivity (Wildman–Crippen MR) is 78.2 cm³/mol. The molecule has 0 radical (unpaired) electrons. The minimum atomic E-state index is -0.370. The molecule has 0 heterocycles. The molecule has 0 atom stereocenters. The van der Waals surface area contributed by atoms with E-state index >= 15 is 0 Å². The highest BCUT2D eigenvalue weighted by Gasteiger charge is 2.32. The number of rotatable bonds is 8. The Bertz CT molecular complexity index is 312. The van der Waals surface area contributed by atoms with Crippen LogP contribution in [0.3, 0.4) is 0 Å². The predicted octanol–water partition coefficient (Wildman–Crippen LogP) is 1.49. The highest BCUT2D eigenvalue weighted by Crippen LogP contribution is 2.27. The van der Waals surface area contributed by atoms with Crippen molar-refractivity contribution in [2.45, 2.75) is 70.3 Å². The number of aliphatic hydroxyl groups excluding tert-OH is 1. The summed E-state index contributed by atoms with van der Waals surface area (Å²) in [5.41, 5.74) is -0.370. The van der Waals surface area contributed by atoms with Crippen molar-refractivity contribution in [2.75, 3.05) is 13.2 Å². The number of nitrogens with one attached hydrogen (secondary N) is 2. The number of carbonyl (C=O) groups is 2. The maximum absolute atomic E-state index is 11.9. The van der Waals surface area contributed by atoms with Gasteiger partial charge in [0.05, 0.1) is 12.1 Å². The average Bonchev–Trinajstić information content (AvgIpc) is 2.43. The summed E-state index contributed by atoms with van der Waals surface area (Å²) in [7, 11) is 0. The van der Waals surface area contributed by atoms with Gasteiger partial charge in [0.1, 0.15) is 0 Å². The van der Waals surface area contributed by atoms with Crippen LogP contribution in [0.1, 0.15) is 64.7 Å². The van der Waals surface area contributed by atoms with E-state index in [2.05, 4.69) is 10.6 Å². The highest BCUT2D eigenvalue weighted by molar-refractivity contribution is 5.76. The van der Waals surface area contributed by atoms with Crippen molar-refractivity contribution in [2.24, 2.45) is 0 Å². The van der Waals surface area contributed by atoms with Crippen LogP contribution >= 0.6 is 0 Å². The summed E-state index contributed by atoms with van der Waals surface area (Å²) in [6, 6.07) is 0. The molecule has 5 heteroatoms. The van der Waals surface area contributed by atoms with Gasteiger partial charge in [0, 0.05) is 19.9 Å². The number of hydrogen-bond acceptors (Lipinski definition) is 3. The van der Waals surface area contributed by atoms with Crippen LogP contribution in [0, 0.1) is 0 Å². The van der Waals surface area contributed by atoms with Crippen molar-refractivity contribution < 1.29 is 14.7 Å². The van der Waals surface area contributed by atoms with E-state index in [1.807, 2.05) is 0 Å². The molecular formula is C15H28N2O3. The van der Waals surface area contributed by atoms with Gasteiger partial charge in [-0.1, -0.05) is 25.7 Å². The molecule has 1 aliphatic rings. The second kappa shape index (κ2) is 8.95. The van der Waals surface area contributed by atoms with Gasteiger partial charge < -0.3 is 15.7 Å². The van der Waals surface area contributed by atoms with Gasteiger partial charge in [-0.2, -0.15) is 0 Å². The standard InChI is InChI=1S/C15H28N2O3/c1-13(19)16-11-7-2-4-8-14(20)17-15(12-18)9-5-3-6-10-15/h18H,2-12H2,1H3,(H,16,19)(H,17,20). The van der Waals surface area contributed by atoms with E-state index in [1.54, 1.807) is 0 Å². The van der Waals surface area contributed by atoms with Gasteiger partial charge in [0.2, 0.25) is 11.8 Å². The zero-order chi connectivity index (χ0) is 14.8. The van der Waals surface area contributed by atoms with Crippen molar-refractivity contribution in [3.05, 3.63) is 0 Å². The van der Waals surface area contributed by atoms with Gasteiger partial charge in [0.15, 0.2) is 0 Å². The van der Waals surface area contributed by atoms with E-state index in [1.165, 1.54) is 13.3 Å². The molecule has 116 valence electrons. The Hall–Kier alpha value is -1.10. The van der Waals surface area contributed by atoms with Crippen LogP contribution in [0.2, 0.25) is 0 Å². The van der Waals surface area contributed by atoms with Gasteiger partial charge in [-0.25, -0.2) is 0 Å². The minimum Gasteiger partial charge on any atom is -0.394 e. The van der Waals surface area contributed by atoms with Gasteiger partial charge in [-0.15, -0.1) is 0 Å². The third-order valence-electron chi connectivity index (χ3n) is 3.97. The van der Waals surface area contributed by atoms with Crippen LogP contribution < -0.4 is 10.6 Å².